The Balaban J connectivity index is 1.66. The number of nitrogens with zero attached hydrogens (tertiary/aromatic N) is 2. The smallest absolute Gasteiger partial charge is 0.136 e. The normalized spacial score (nSPS) is 11.0. The second-order valence-electron chi connectivity index (χ2n) is 6.54. The number of nitrogens with one attached hydrogen (secondary N) is 1. The Kier molecular flexibility index (Phi) is 7.87. The number of thiazole rings is 1. The third-order valence-electron chi connectivity index (χ3n) is 4.32. The molecule has 154 valence electrons. The quantitative estimate of drug-likeness (QED) is 0.306. The van der Waals surface area contributed by atoms with Crippen LogP contribution in [-0.4, -0.2) is 18.2 Å². The van der Waals surface area contributed by atoms with Gasteiger partial charge in [0.15, 0.2) is 0 Å². The lowest BCUT2D eigenvalue weighted by Gasteiger charge is -2.06. The van der Waals surface area contributed by atoms with Crippen molar-refractivity contribution in [2.24, 2.45) is 0 Å². The van der Waals surface area contributed by atoms with Crippen molar-refractivity contribution in [3.63, 3.8) is 0 Å². The van der Waals surface area contributed by atoms with Crippen LogP contribution in [0, 0.1) is 11.3 Å². The molecule has 1 N–H and O–H groups in total. The van der Waals surface area contributed by atoms with Gasteiger partial charge in [0, 0.05) is 22.8 Å². The predicted molar refractivity (Wildman–Crippen MR) is 123 cm³/mol. The van der Waals surface area contributed by atoms with Crippen LogP contribution in [0.15, 0.2) is 60.1 Å². The molecule has 3 rings (SSSR count). The fourth-order valence-corrected chi connectivity index (χ4v) is 3.49. The largest absolute Gasteiger partial charge is 0.494 e. The molecular weight excluding hydrogens is 394 g/mol. The van der Waals surface area contributed by atoms with Crippen LogP contribution in [-0.2, 0) is 0 Å². The number of rotatable bonds is 10. The number of aromatic nitrogens is 1. The summed E-state index contributed by atoms with van der Waals surface area (Å²) in [5.41, 5.74) is 3.20. The highest BCUT2D eigenvalue weighted by Crippen LogP contribution is 2.27. The maximum atomic E-state index is 9.57. The molecule has 6 heteroatoms. The maximum absolute atomic E-state index is 9.57. The van der Waals surface area contributed by atoms with Gasteiger partial charge >= 0.3 is 0 Å². The first kappa shape index (κ1) is 21.4. The number of ether oxygens (including phenoxy) is 2. The van der Waals surface area contributed by atoms with Gasteiger partial charge < -0.3 is 14.8 Å². The molecule has 30 heavy (non-hydrogen) atoms. The molecule has 0 aliphatic carbocycles. The average molecular weight is 420 g/mol. The van der Waals surface area contributed by atoms with Gasteiger partial charge in [-0.15, -0.1) is 11.3 Å². The van der Waals surface area contributed by atoms with Crippen molar-refractivity contribution in [1.29, 1.82) is 5.26 Å². The molecule has 5 nitrogen and oxygen atoms in total. The van der Waals surface area contributed by atoms with Crippen molar-refractivity contribution in [3.05, 3.63) is 65.1 Å². The maximum Gasteiger partial charge on any atom is 0.136 e. The van der Waals surface area contributed by atoms with E-state index in [0.29, 0.717) is 17.2 Å². The number of allylic oxidation sites excluding steroid dienone is 1. The summed E-state index contributed by atoms with van der Waals surface area (Å²) >= 11 is 1.45. The SMILES string of the molecule is CCCCOc1ccc(N/C=C(/C#N)c2nc(-c3ccc(OCC)cc3)cs2)cc1. The molecule has 0 spiro atoms. The molecule has 1 heterocycles. The first-order valence-corrected chi connectivity index (χ1v) is 10.9. The molecule has 0 saturated carbocycles. The molecular formula is C24H25N3O2S. The molecule has 0 amide bonds. The van der Waals surface area contributed by atoms with Crippen molar-refractivity contribution >= 4 is 22.6 Å². The lowest BCUT2D eigenvalue weighted by Crippen LogP contribution is -1.96. The minimum atomic E-state index is 0.487. The van der Waals surface area contributed by atoms with Gasteiger partial charge in [-0.3, -0.25) is 0 Å². The first-order valence-electron chi connectivity index (χ1n) is 10.0. The van der Waals surface area contributed by atoms with Crippen LogP contribution in [0.25, 0.3) is 16.8 Å². The van der Waals surface area contributed by atoms with E-state index in [2.05, 4.69) is 23.3 Å². The molecule has 0 aliphatic rings. The van der Waals surface area contributed by atoms with Crippen molar-refractivity contribution in [2.45, 2.75) is 26.7 Å². The van der Waals surface area contributed by atoms with Crippen LogP contribution in [0.3, 0.4) is 0 Å². The summed E-state index contributed by atoms with van der Waals surface area (Å²) in [6.45, 7) is 5.46. The van der Waals surface area contributed by atoms with E-state index < -0.39 is 0 Å². The number of hydrogen-bond acceptors (Lipinski definition) is 6. The van der Waals surface area contributed by atoms with E-state index >= 15 is 0 Å². The van der Waals surface area contributed by atoms with E-state index in [0.717, 1.165) is 47.9 Å². The third-order valence-corrected chi connectivity index (χ3v) is 5.20. The Morgan fingerprint density at radius 3 is 2.43 bits per heavy atom. The fraction of sp³-hybridized carbons (Fsp3) is 0.250. The summed E-state index contributed by atoms with van der Waals surface area (Å²) in [7, 11) is 0. The third kappa shape index (κ3) is 5.85. The monoisotopic (exact) mass is 419 g/mol. The fourth-order valence-electron chi connectivity index (χ4n) is 2.70. The highest BCUT2D eigenvalue weighted by Gasteiger charge is 2.09. The summed E-state index contributed by atoms with van der Waals surface area (Å²) < 4.78 is 11.1. The number of hydrogen-bond donors (Lipinski definition) is 1. The predicted octanol–water partition coefficient (Wildman–Crippen LogP) is 6.36. The van der Waals surface area contributed by atoms with Gasteiger partial charge in [0.2, 0.25) is 0 Å². The van der Waals surface area contributed by atoms with Crippen LogP contribution in [0.5, 0.6) is 11.5 Å². The van der Waals surface area contributed by atoms with Crippen LogP contribution < -0.4 is 14.8 Å². The Bertz CT molecular complexity index is 1000. The van der Waals surface area contributed by atoms with Crippen LogP contribution >= 0.6 is 11.3 Å². The van der Waals surface area contributed by atoms with Gasteiger partial charge in [-0.05, 0) is 61.9 Å². The van der Waals surface area contributed by atoms with Crippen molar-refractivity contribution in [2.75, 3.05) is 18.5 Å². The molecule has 0 unspecified atom stereocenters. The second-order valence-corrected chi connectivity index (χ2v) is 7.39. The highest BCUT2D eigenvalue weighted by molar-refractivity contribution is 7.11. The van der Waals surface area contributed by atoms with Crippen molar-refractivity contribution in [1.82, 2.24) is 4.98 Å². The summed E-state index contributed by atoms with van der Waals surface area (Å²) in [6.07, 6.45) is 3.84. The Hall–Kier alpha value is -3.30. The number of benzene rings is 2. The molecule has 0 saturated heterocycles. The Morgan fingerprint density at radius 1 is 1.07 bits per heavy atom. The molecule has 1 aromatic heterocycles. The molecule has 2 aromatic carbocycles. The van der Waals surface area contributed by atoms with Gasteiger partial charge in [0.05, 0.1) is 18.9 Å². The summed E-state index contributed by atoms with van der Waals surface area (Å²) in [5.74, 6) is 1.68. The van der Waals surface area contributed by atoms with Gasteiger partial charge in [-0.25, -0.2) is 4.98 Å². The molecule has 0 radical (unpaired) electrons. The highest BCUT2D eigenvalue weighted by atomic mass is 32.1. The van der Waals surface area contributed by atoms with Gasteiger partial charge in [-0.2, -0.15) is 5.26 Å². The second kappa shape index (κ2) is 11.0. The number of anilines is 1. The molecule has 0 bridgehead atoms. The van der Waals surface area contributed by atoms with E-state index in [-0.39, 0.29) is 0 Å². The standard InChI is InChI=1S/C24H25N3O2S/c1-3-5-14-29-22-12-8-20(9-13-22)26-16-19(15-25)24-27-23(17-30-24)18-6-10-21(11-7-18)28-4-2/h6-13,16-17,26H,3-5,14H2,1-2H3/b19-16-. The minimum absolute atomic E-state index is 0.487. The lowest BCUT2D eigenvalue weighted by atomic mass is 10.2. The zero-order valence-electron chi connectivity index (χ0n) is 17.2. The van der Waals surface area contributed by atoms with Crippen LogP contribution in [0.1, 0.15) is 31.7 Å². The van der Waals surface area contributed by atoms with E-state index in [1.165, 1.54) is 11.3 Å². The van der Waals surface area contributed by atoms with Gasteiger partial charge in [0.25, 0.3) is 0 Å². The zero-order valence-corrected chi connectivity index (χ0v) is 18.0. The van der Waals surface area contributed by atoms with Crippen LogP contribution in [0.2, 0.25) is 0 Å². The number of unbranched alkanes of at least 4 members (excludes halogenated alkanes) is 1. The van der Waals surface area contributed by atoms with Crippen molar-refractivity contribution in [3.8, 4) is 28.8 Å². The minimum Gasteiger partial charge on any atom is -0.494 e. The molecule has 3 aromatic rings. The Morgan fingerprint density at radius 2 is 1.77 bits per heavy atom. The van der Waals surface area contributed by atoms with E-state index in [1.54, 1.807) is 6.20 Å². The topological polar surface area (TPSA) is 67.2 Å². The zero-order chi connectivity index (χ0) is 21.2. The van der Waals surface area contributed by atoms with E-state index in [9.17, 15) is 5.26 Å². The van der Waals surface area contributed by atoms with Crippen LogP contribution in [0.4, 0.5) is 5.69 Å². The Labute approximate surface area is 181 Å². The number of nitriles is 1. The van der Waals surface area contributed by atoms with E-state index in [4.69, 9.17) is 9.47 Å². The lowest BCUT2D eigenvalue weighted by molar-refractivity contribution is 0.309. The molecule has 0 fully saturated rings. The average Bonchev–Trinajstić information content (AvgIpc) is 3.26. The van der Waals surface area contributed by atoms with E-state index in [1.807, 2.05) is 60.8 Å². The van der Waals surface area contributed by atoms with Gasteiger partial charge in [-0.1, -0.05) is 13.3 Å². The summed E-state index contributed by atoms with van der Waals surface area (Å²) in [5, 5.41) is 15.4. The van der Waals surface area contributed by atoms with Crippen molar-refractivity contribution < 1.29 is 9.47 Å². The first-order chi connectivity index (χ1) is 14.7. The molecule has 0 aliphatic heterocycles. The molecule has 0 atom stereocenters. The summed E-state index contributed by atoms with van der Waals surface area (Å²) in [6, 6.07) is 17.7. The summed E-state index contributed by atoms with van der Waals surface area (Å²) in [4.78, 5) is 4.62. The van der Waals surface area contributed by atoms with Gasteiger partial charge in [0.1, 0.15) is 28.1 Å².